The predicted octanol–water partition coefficient (Wildman–Crippen LogP) is -2.00. The lowest BCUT2D eigenvalue weighted by atomic mass is 10.2. The number of hydrogen-bond acceptors (Lipinski definition) is 4. The van der Waals surface area contributed by atoms with Gasteiger partial charge in [-0.2, -0.15) is 0 Å². The minimum atomic E-state index is -0.343. The van der Waals surface area contributed by atoms with Crippen molar-refractivity contribution in [3.8, 4) is 0 Å². The molecular weight excluding hydrogens is 134 g/mol. The van der Waals surface area contributed by atoms with E-state index in [2.05, 4.69) is 16.2 Å². The molecule has 0 bridgehead atoms. The molecule has 3 N–H and O–H groups in total. The molecule has 5 nitrogen and oxygen atoms in total. The second-order valence-electron chi connectivity index (χ2n) is 2.12. The Hall–Kier alpha value is -1.36. The molecule has 2 aliphatic heterocycles. The van der Waals surface area contributed by atoms with Gasteiger partial charge in [0.05, 0.1) is 5.57 Å². The number of nitrogens with one attached hydrogen (secondary N) is 3. The average molecular weight is 139 g/mol. The molecule has 0 radical (unpaired) electrons. The van der Waals surface area contributed by atoms with Crippen LogP contribution in [0, 0.1) is 0 Å². The van der Waals surface area contributed by atoms with E-state index in [1.807, 2.05) is 0 Å². The molecule has 0 saturated heterocycles. The predicted molar refractivity (Wildman–Crippen MR) is 31.3 cm³/mol. The van der Waals surface area contributed by atoms with Crippen molar-refractivity contribution in [1.82, 2.24) is 16.2 Å². The monoisotopic (exact) mass is 139 g/mol. The van der Waals surface area contributed by atoms with Crippen molar-refractivity contribution in [2.75, 3.05) is 6.54 Å². The first kappa shape index (κ1) is 5.43. The Morgan fingerprint density at radius 1 is 1.20 bits per heavy atom. The highest BCUT2D eigenvalue weighted by Crippen LogP contribution is 2.11. The zero-order chi connectivity index (χ0) is 7.14. The van der Waals surface area contributed by atoms with Gasteiger partial charge in [0.15, 0.2) is 0 Å². The number of hydrazine groups is 1. The molecule has 0 unspecified atom stereocenters. The largest absolute Gasteiger partial charge is 0.316 e. The van der Waals surface area contributed by atoms with Gasteiger partial charge in [-0.15, -0.1) is 0 Å². The second kappa shape index (κ2) is 1.57. The van der Waals surface area contributed by atoms with Crippen molar-refractivity contribution in [1.29, 1.82) is 0 Å². The van der Waals surface area contributed by atoms with Gasteiger partial charge in [-0.25, -0.2) is 5.43 Å². The maximum absolute atomic E-state index is 10.8. The van der Waals surface area contributed by atoms with Crippen LogP contribution < -0.4 is 16.2 Å². The van der Waals surface area contributed by atoms with E-state index in [-0.39, 0.29) is 11.8 Å². The quantitative estimate of drug-likeness (QED) is 0.340. The standard InChI is InChI=1S/C5H5N3O2/c9-4-2-1-6-8-3(2)5(10)7-4/h6,8H,1H2,(H,7,9,10). The van der Waals surface area contributed by atoms with Gasteiger partial charge in [-0.3, -0.25) is 14.9 Å². The van der Waals surface area contributed by atoms with Gasteiger partial charge in [0, 0.05) is 6.54 Å². The Kier molecular flexibility index (Phi) is 0.853. The molecule has 2 amide bonds. The zero-order valence-corrected chi connectivity index (χ0v) is 5.02. The molecule has 0 atom stereocenters. The Balaban J connectivity index is 2.45. The first-order valence-electron chi connectivity index (χ1n) is 2.87. The average Bonchev–Trinajstić information content (AvgIpc) is 2.39. The van der Waals surface area contributed by atoms with E-state index in [0.29, 0.717) is 17.8 Å². The fourth-order valence-corrected chi connectivity index (χ4v) is 1.01. The number of carbonyl (C=O) groups excluding carboxylic acids is 2. The molecule has 52 valence electrons. The van der Waals surface area contributed by atoms with Crippen LogP contribution in [0.5, 0.6) is 0 Å². The lowest BCUT2D eigenvalue weighted by Gasteiger charge is -1.98. The molecule has 2 rings (SSSR count). The van der Waals surface area contributed by atoms with Gasteiger partial charge in [0.1, 0.15) is 5.70 Å². The summed E-state index contributed by atoms with van der Waals surface area (Å²) < 4.78 is 0. The summed E-state index contributed by atoms with van der Waals surface area (Å²) in [5.41, 5.74) is 6.15. The van der Waals surface area contributed by atoms with E-state index < -0.39 is 0 Å². The third-order valence-corrected chi connectivity index (χ3v) is 1.51. The Bertz CT molecular complexity index is 232. The molecule has 10 heavy (non-hydrogen) atoms. The summed E-state index contributed by atoms with van der Waals surface area (Å²) in [5.74, 6) is -0.637. The highest BCUT2D eigenvalue weighted by atomic mass is 16.2. The Morgan fingerprint density at radius 3 is 2.70 bits per heavy atom. The van der Waals surface area contributed by atoms with Crippen LogP contribution in [0.2, 0.25) is 0 Å². The van der Waals surface area contributed by atoms with Crippen LogP contribution in [0.3, 0.4) is 0 Å². The fourth-order valence-electron chi connectivity index (χ4n) is 1.01. The van der Waals surface area contributed by atoms with Crippen LogP contribution >= 0.6 is 0 Å². The van der Waals surface area contributed by atoms with Gasteiger partial charge in [-0.05, 0) is 0 Å². The molecule has 0 saturated carbocycles. The highest BCUT2D eigenvalue weighted by Gasteiger charge is 2.32. The summed E-state index contributed by atoms with van der Waals surface area (Å²) in [6, 6.07) is 0. The SMILES string of the molecule is O=C1NC(=O)C2=C1CNN2. The lowest BCUT2D eigenvalue weighted by molar-refractivity contribution is -0.124. The van der Waals surface area contributed by atoms with Crippen LogP contribution in [0.1, 0.15) is 0 Å². The zero-order valence-electron chi connectivity index (χ0n) is 5.02. The van der Waals surface area contributed by atoms with E-state index in [1.54, 1.807) is 0 Å². The fraction of sp³-hybridized carbons (Fsp3) is 0.200. The molecule has 0 aromatic heterocycles. The number of rotatable bonds is 0. The molecule has 0 fully saturated rings. The molecule has 0 aromatic rings. The molecule has 5 heteroatoms. The van der Waals surface area contributed by atoms with Crippen LogP contribution in [0.25, 0.3) is 0 Å². The minimum absolute atomic E-state index is 0.294. The topological polar surface area (TPSA) is 70.2 Å². The molecule has 0 aliphatic carbocycles. The molecule has 0 aromatic carbocycles. The van der Waals surface area contributed by atoms with Crippen molar-refractivity contribution in [2.45, 2.75) is 0 Å². The Labute approximate surface area is 56.4 Å². The minimum Gasteiger partial charge on any atom is -0.316 e. The van der Waals surface area contributed by atoms with Crippen LogP contribution in [0.4, 0.5) is 0 Å². The summed E-state index contributed by atoms with van der Waals surface area (Å²) in [7, 11) is 0. The molecule has 2 heterocycles. The van der Waals surface area contributed by atoms with Crippen molar-refractivity contribution in [3.05, 3.63) is 11.3 Å². The van der Waals surface area contributed by atoms with Crippen molar-refractivity contribution >= 4 is 11.8 Å². The van der Waals surface area contributed by atoms with Gasteiger partial charge in [0.25, 0.3) is 11.8 Å². The van der Waals surface area contributed by atoms with E-state index in [4.69, 9.17) is 0 Å². The maximum Gasteiger partial charge on any atom is 0.276 e. The smallest absolute Gasteiger partial charge is 0.276 e. The van der Waals surface area contributed by atoms with Crippen LogP contribution in [-0.4, -0.2) is 18.4 Å². The van der Waals surface area contributed by atoms with Crippen molar-refractivity contribution in [3.63, 3.8) is 0 Å². The second-order valence-corrected chi connectivity index (χ2v) is 2.12. The normalized spacial score (nSPS) is 22.8. The third kappa shape index (κ3) is 0.496. The highest BCUT2D eigenvalue weighted by molar-refractivity contribution is 6.19. The van der Waals surface area contributed by atoms with Gasteiger partial charge >= 0.3 is 0 Å². The Morgan fingerprint density at radius 2 is 2.00 bits per heavy atom. The first-order valence-corrected chi connectivity index (χ1v) is 2.87. The number of carbonyl (C=O) groups is 2. The van der Waals surface area contributed by atoms with Gasteiger partial charge < -0.3 is 5.43 Å². The molecule has 0 spiro atoms. The summed E-state index contributed by atoms with van der Waals surface area (Å²) in [6.07, 6.45) is 0. The number of hydrogen-bond donors (Lipinski definition) is 3. The van der Waals surface area contributed by atoms with Gasteiger partial charge in [-0.1, -0.05) is 0 Å². The first-order chi connectivity index (χ1) is 4.79. The maximum atomic E-state index is 10.8. The lowest BCUT2D eigenvalue weighted by Crippen LogP contribution is -2.35. The van der Waals surface area contributed by atoms with E-state index >= 15 is 0 Å². The van der Waals surface area contributed by atoms with Crippen LogP contribution in [-0.2, 0) is 9.59 Å². The van der Waals surface area contributed by atoms with E-state index in [1.165, 1.54) is 0 Å². The summed E-state index contributed by atoms with van der Waals surface area (Å²) >= 11 is 0. The third-order valence-electron chi connectivity index (χ3n) is 1.51. The number of amides is 2. The summed E-state index contributed by atoms with van der Waals surface area (Å²) in [5, 5.41) is 2.16. The van der Waals surface area contributed by atoms with E-state index in [9.17, 15) is 9.59 Å². The molecular formula is C5H5N3O2. The summed E-state index contributed by atoms with van der Waals surface area (Å²) in [6.45, 7) is 0.424. The van der Waals surface area contributed by atoms with Crippen molar-refractivity contribution < 1.29 is 9.59 Å². The summed E-state index contributed by atoms with van der Waals surface area (Å²) in [4.78, 5) is 21.6. The van der Waals surface area contributed by atoms with Crippen molar-refractivity contribution in [2.24, 2.45) is 0 Å². The number of imide groups is 1. The van der Waals surface area contributed by atoms with E-state index in [0.717, 1.165) is 0 Å². The van der Waals surface area contributed by atoms with Gasteiger partial charge in [0.2, 0.25) is 0 Å². The molecule has 2 aliphatic rings. The van der Waals surface area contributed by atoms with Crippen LogP contribution in [0.15, 0.2) is 11.3 Å².